The number of aliphatic hydroxyl groups is 1. The van der Waals surface area contributed by atoms with Crippen LogP contribution in [0.25, 0.3) is 0 Å². The second kappa shape index (κ2) is 10.2. The molecule has 0 aliphatic carbocycles. The molecule has 0 spiro atoms. The van der Waals surface area contributed by atoms with Crippen LogP contribution in [0.3, 0.4) is 0 Å². The third-order valence-corrected chi connectivity index (χ3v) is 3.01. The van der Waals surface area contributed by atoms with E-state index in [-0.39, 0.29) is 6.61 Å². The highest BCUT2D eigenvalue weighted by Gasteiger charge is 2.04. The van der Waals surface area contributed by atoms with E-state index in [9.17, 15) is 5.11 Å². The molecule has 0 amide bonds. The van der Waals surface area contributed by atoms with Gasteiger partial charge in [0.15, 0.2) is 0 Å². The van der Waals surface area contributed by atoms with Crippen molar-refractivity contribution in [3.05, 3.63) is 29.8 Å². The largest absolute Gasteiger partial charge is 0.491 e. The number of benzene rings is 1. The van der Waals surface area contributed by atoms with Crippen molar-refractivity contribution in [2.24, 2.45) is 0 Å². The quantitative estimate of drug-likeness (QED) is 0.635. The highest BCUT2D eigenvalue weighted by atomic mass is 16.5. The van der Waals surface area contributed by atoms with E-state index in [4.69, 9.17) is 10.00 Å². The molecule has 1 atom stereocenters. The van der Waals surface area contributed by atoms with Gasteiger partial charge in [-0.2, -0.15) is 5.26 Å². The van der Waals surface area contributed by atoms with E-state index in [1.807, 2.05) is 0 Å². The van der Waals surface area contributed by atoms with E-state index in [0.717, 1.165) is 25.9 Å². The van der Waals surface area contributed by atoms with Gasteiger partial charge >= 0.3 is 0 Å². The molecular formula is C16H25N3O2. The summed E-state index contributed by atoms with van der Waals surface area (Å²) in [7, 11) is 4.13. The molecule has 0 aliphatic rings. The number of hydrogen-bond acceptors (Lipinski definition) is 5. The average Bonchev–Trinajstić information content (AvgIpc) is 2.49. The zero-order valence-corrected chi connectivity index (χ0v) is 12.9. The van der Waals surface area contributed by atoms with Crippen LogP contribution in [0.5, 0.6) is 5.75 Å². The highest BCUT2D eigenvalue weighted by Crippen LogP contribution is 2.11. The van der Waals surface area contributed by atoms with Gasteiger partial charge in [0, 0.05) is 6.54 Å². The first kappa shape index (κ1) is 17.4. The molecule has 1 unspecified atom stereocenters. The van der Waals surface area contributed by atoms with Gasteiger partial charge in [0.1, 0.15) is 18.5 Å². The molecule has 116 valence electrons. The third-order valence-electron chi connectivity index (χ3n) is 3.01. The number of nitriles is 1. The summed E-state index contributed by atoms with van der Waals surface area (Å²) in [6, 6.07) is 8.92. The van der Waals surface area contributed by atoms with Gasteiger partial charge in [-0.1, -0.05) is 0 Å². The summed E-state index contributed by atoms with van der Waals surface area (Å²) in [5, 5.41) is 21.7. The van der Waals surface area contributed by atoms with Crippen molar-refractivity contribution in [3.63, 3.8) is 0 Å². The van der Waals surface area contributed by atoms with Gasteiger partial charge in [0.2, 0.25) is 0 Å². The average molecular weight is 291 g/mol. The number of unbranched alkanes of at least 4 members (excludes halogenated alkanes) is 1. The molecule has 21 heavy (non-hydrogen) atoms. The number of ether oxygens (including phenoxy) is 1. The molecule has 5 nitrogen and oxygen atoms in total. The Hall–Kier alpha value is -1.61. The van der Waals surface area contributed by atoms with E-state index in [1.165, 1.54) is 0 Å². The van der Waals surface area contributed by atoms with Gasteiger partial charge < -0.3 is 20.1 Å². The van der Waals surface area contributed by atoms with E-state index in [1.54, 1.807) is 24.3 Å². The van der Waals surface area contributed by atoms with Crippen LogP contribution < -0.4 is 10.1 Å². The molecule has 1 rings (SSSR count). The first-order valence-corrected chi connectivity index (χ1v) is 7.28. The fourth-order valence-electron chi connectivity index (χ4n) is 1.82. The Morgan fingerprint density at radius 1 is 1.29 bits per heavy atom. The van der Waals surface area contributed by atoms with Gasteiger partial charge in [0.25, 0.3) is 0 Å². The lowest BCUT2D eigenvalue weighted by atomic mass is 10.2. The van der Waals surface area contributed by atoms with Crippen molar-refractivity contribution in [1.82, 2.24) is 10.2 Å². The molecule has 0 fully saturated rings. The van der Waals surface area contributed by atoms with Gasteiger partial charge in [-0.25, -0.2) is 0 Å². The molecule has 5 heteroatoms. The number of hydrogen-bond donors (Lipinski definition) is 2. The lowest BCUT2D eigenvalue weighted by Gasteiger charge is -2.14. The molecule has 0 bridgehead atoms. The third kappa shape index (κ3) is 8.30. The van der Waals surface area contributed by atoms with Gasteiger partial charge in [-0.15, -0.1) is 0 Å². The first-order chi connectivity index (χ1) is 10.1. The summed E-state index contributed by atoms with van der Waals surface area (Å²) >= 11 is 0. The Morgan fingerprint density at radius 2 is 2.00 bits per heavy atom. The second-order valence-electron chi connectivity index (χ2n) is 5.32. The van der Waals surface area contributed by atoms with Crippen LogP contribution in [-0.2, 0) is 0 Å². The molecule has 2 N–H and O–H groups in total. The Morgan fingerprint density at radius 3 is 2.62 bits per heavy atom. The summed E-state index contributed by atoms with van der Waals surface area (Å²) in [6.07, 6.45) is 1.72. The zero-order chi connectivity index (χ0) is 15.5. The van der Waals surface area contributed by atoms with E-state index >= 15 is 0 Å². The minimum Gasteiger partial charge on any atom is -0.491 e. The fraction of sp³-hybridized carbons (Fsp3) is 0.562. The maximum absolute atomic E-state index is 9.81. The first-order valence-electron chi connectivity index (χ1n) is 7.28. The zero-order valence-electron chi connectivity index (χ0n) is 12.9. The summed E-state index contributed by atoms with van der Waals surface area (Å²) in [4.78, 5) is 2.17. The maximum Gasteiger partial charge on any atom is 0.119 e. The number of nitrogens with zero attached hydrogens (tertiary/aromatic N) is 2. The molecule has 0 saturated heterocycles. The van der Waals surface area contributed by atoms with Gasteiger partial charge in [-0.05, 0) is 64.3 Å². The topological polar surface area (TPSA) is 68.5 Å². The second-order valence-corrected chi connectivity index (χ2v) is 5.32. The van der Waals surface area contributed by atoms with Crippen LogP contribution >= 0.6 is 0 Å². The number of nitrogens with one attached hydrogen (secondary N) is 1. The molecule has 1 aromatic carbocycles. The SMILES string of the molecule is CN(C)CCCCNCC(O)COc1ccc(C#N)cc1. The lowest BCUT2D eigenvalue weighted by molar-refractivity contribution is 0.106. The van der Waals surface area contributed by atoms with E-state index in [0.29, 0.717) is 17.9 Å². The molecule has 0 heterocycles. The summed E-state index contributed by atoms with van der Waals surface area (Å²) in [5.41, 5.74) is 0.599. The fourth-order valence-corrected chi connectivity index (χ4v) is 1.82. The minimum absolute atomic E-state index is 0.247. The standard InChI is InChI=1S/C16H25N3O2/c1-19(2)10-4-3-9-18-12-15(20)13-21-16-7-5-14(11-17)6-8-16/h5-8,15,18,20H,3-4,9-10,12-13H2,1-2H3. The van der Waals surface area contributed by atoms with Crippen LogP contribution in [0, 0.1) is 11.3 Å². The van der Waals surface area contributed by atoms with Crippen molar-refractivity contribution in [3.8, 4) is 11.8 Å². The molecule has 1 aromatic rings. The molecule has 0 aliphatic heterocycles. The van der Waals surface area contributed by atoms with E-state index < -0.39 is 6.10 Å². The van der Waals surface area contributed by atoms with E-state index in [2.05, 4.69) is 30.4 Å². The predicted octanol–water partition coefficient (Wildman–Crippen LogP) is 1.23. The summed E-state index contributed by atoms with van der Waals surface area (Å²) in [6.45, 7) is 2.77. The van der Waals surface area contributed by atoms with Gasteiger partial charge in [0.05, 0.1) is 11.6 Å². The minimum atomic E-state index is -0.533. The van der Waals surface area contributed by atoms with Crippen LogP contribution in [0.15, 0.2) is 24.3 Å². The van der Waals surface area contributed by atoms with Crippen LogP contribution in [0.2, 0.25) is 0 Å². The predicted molar refractivity (Wildman–Crippen MR) is 83.3 cm³/mol. The molecule has 0 radical (unpaired) electrons. The smallest absolute Gasteiger partial charge is 0.119 e. The highest BCUT2D eigenvalue weighted by molar-refractivity contribution is 5.34. The van der Waals surface area contributed by atoms with Gasteiger partial charge in [-0.3, -0.25) is 0 Å². The molecular weight excluding hydrogens is 266 g/mol. The van der Waals surface area contributed by atoms with Crippen molar-refractivity contribution < 1.29 is 9.84 Å². The Labute approximate surface area is 127 Å². The van der Waals surface area contributed by atoms with Crippen molar-refractivity contribution in [1.29, 1.82) is 5.26 Å². The van der Waals surface area contributed by atoms with Crippen LogP contribution in [-0.4, -0.2) is 56.4 Å². The molecule has 0 aromatic heterocycles. The van der Waals surface area contributed by atoms with Crippen molar-refractivity contribution in [2.45, 2.75) is 18.9 Å². The Bertz CT molecular complexity index is 426. The van der Waals surface area contributed by atoms with Crippen molar-refractivity contribution in [2.75, 3.05) is 40.3 Å². The lowest BCUT2D eigenvalue weighted by Crippen LogP contribution is -2.32. The van der Waals surface area contributed by atoms with Crippen molar-refractivity contribution >= 4 is 0 Å². The van der Waals surface area contributed by atoms with Crippen LogP contribution in [0.4, 0.5) is 0 Å². The normalized spacial score (nSPS) is 12.1. The summed E-state index contributed by atoms with van der Waals surface area (Å²) in [5.74, 6) is 0.666. The Kier molecular flexibility index (Phi) is 8.44. The van der Waals surface area contributed by atoms with Crippen LogP contribution in [0.1, 0.15) is 18.4 Å². The Balaban J connectivity index is 2.08. The number of aliphatic hydroxyl groups excluding tert-OH is 1. The monoisotopic (exact) mass is 291 g/mol. The number of rotatable bonds is 10. The summed E-state index contributed by atoms with van der Waals surface area (Å²) < 4.78 is 5.47. The molecule has 0 saturated carbocycles. The maximum atomic E-state index is 9.81.